The highest BCUT2D eigenvalue weighted by Gasteiger charge is 2.20. The van der Waals surface area contributed by atoms with E-state index in [2.05, 4.69) is 25.9 Å². The monoisotopic (exact) mass is 455 g/mol. The standard InChI is InChI=1S/C18H13BrCl2FN3O/c1-9(16-13(20)2-3-14(22)17(16)21)26-15-5-11(7-25-18(15)23)10-4-12(19)8-24-6-10/h2-9H,1H3,(H2,23,25). The summed E-state index contributed by atoms with van der Waals surface area (Å²) in [7, 11) is 0. The Labute approximate surface area is 168 Å². The average molecular weight is 457 g/mol. The van der Waals surface area contributed by atoms with Gasteiger partial charge >= 0.3 is 0 Å². The number of hydrogen-bond donors (Lipinski definition) is 1. The Kier molecular flexibility index (Phi) is 5.65. The van der Waals surface area contributed by atoms with Crippen molar-refractivity contribution in [2.24, 2.45) is 0 Å². The number of anilines is 1. The van der Waals surface area contributed by atoms with Crippen LogP contribution in [0.2, 0.25) is 10.0 Å². The zero-order chi connectivity index (χ0) is 18.8. The molecule has 0 bridgehead atoms. The number of ether oxygens (including phenoxy) is 1. The maximum atomic E-state index is 13.8. The number of hydrogen-bond acceptors (Lipinski definition) is 4. The van der Waals surface area contributed by atoms with Crippen LogP contribution in [0.5, 0.6) is 5.75 Å². The Balaban J connectivity index is 1.95. The largest absolute Gasteiger partial charge is 0.482 e. The number of rotatable bonds is 4. The van der Waals surface area contributed by atoms with Crippen molar-refractivity contribution >= 4 is 44.9 Å². The van der Waals surface area contributed by atoms with Crippen LogP contribution in [0.1, 0.15) is 18.6 Å². The molecule has 2 aromatic heterocycles. The number of nitrogen functional groups attached to an aromatic ring is 1. The van der Waals surface area contributed by atoms with Crippen LogP contribution in [0.15, 0.2) is 47.3 Å². The van der Waals surface area contributed by atoms with Crippen molar-refractivity contribution in [2.75, 3.05) is 5.73 Å². The van der Waals surface area contributed by atoms with Crippen molar-refractivity contribution in [2.45, 2.75) is 13.0 Å². The summed E-state index contributed by atoms with van der Waals surface area (Å²) in [6.45, 7) is 1.71. The molecule has 0 saturated carbocycles. The molecule has 1 aromatic carbocycles. The van der Waals surface area contributed by atoms with Gasteiger partial charge in [0, 0.05) is 44.8 Å². The SMILES string of the molecule is CC(Oc1cc(-c2cncc(Br)c2)cnc1N)c1c(Cl)ccc(F)c1Cl. The van der Waals surface area contributed by atoms with Crippen LogP contribution in [-0.4, -0.2) is 9.97 Å². The number of halogens is 4. The van der Waals surface area contributed by atoms with Crippen LogP contribution < -0.4 is 10.5 Å². The van der Waals surface area contributed by atoms with E-state index in [1.54, 1.807) is 31.6 Å². The van der Waals surface area contributed by atoms with Crippen LogP contribution in [-0.2, 0) is 0 Å². The topological polar surface area (TPSA) is 61.0 Å². The lowest BCUT2D eigenvalue weighted by atomic mass is 10.1. The summed E-state index contributed by atoms with van der Waals surface area (Å²) in [6.07, 6.45) is 4.37. The van der Waals surface area contributed by atoms with Gasteiger partial charge in [0.1, 0.15) is 11.9 Å². The molecule has 2 heterocycles. The third-order valence-corrected chi connectivity index (χ3v) is 4.86. The van der Waals surface area contributed by atoms with Gasteiger partial charge in [-0.1, -0.05) is 23.2 Å². The quantitative estimate of drug-likeness (QED) is 0.483. The summed E-state index contributed by atoms with van der Waals surface area (Å²) in [5.74, 6) is -0.0276. The van der Waals surface area contributed by atoms with Crippen LogP contribution in [0.4, 0.5) is 10.2 Å². The predicted octanol–water partition coefficient (Wildman–Crippen LogP) is 6.07. The van der Waals surface area contributed by atoms with Gasteiger partial charge in [0.05, 0.1) is 5.02 Å². The van der Waals surface area contributed by atoms with E-state index in [9.17, 15) is 4.39 Å². The molecule has 4 nitrogen and oxygen atoms in total. The lowest BCUT2D eigenvalue weighted by Crippen LogP contribution is -2.08. The highest BCUT2D eigenvalue weighted by atomic mass is 79.9. The van der Waals surface area contributed by atoms with E-state index in [4.69, 9.17) is 33.7 Å². The summed E-state index contributed by atoms with van der Waals surface area (Å²) < 4.78 is 20.5. The number of nitrogens with zero attached hydrogens (tertiary/aromatic N) is 2. The van der Waals surface area contributed by atoms with Gasteiger partial charge in [0.2, 0.25) is 0 Å². The Bertz CT molecular complexity index is 971. The number of pyridine rings is 2. The molecular formula is C18H13BrCl2FN3O. The van der Waals surface area contributed by atoms with E-state index < -0.39 is 11.9 Å². The molecule has 0 saturated heterocycles. The molecule has 0 aliphatic carbocycles. The molecule has 26 heavy (non-hydrogen) atoms. The molecule has 0 amide bonds. The first-order valence-electron chi connectivity index (χ1n) is 7.53. The van der Waals surface area contributed by atoms with Gasteiger partial charge in [-0.25, -0.2) is 9.37 Å². The lowest BCUT2D eigenvalue weighted by Gasteiger charge is -2.19. The maximum Gasteiger partial charge on any atom is 0.166 e. The zero-order valence-corrected chi connectivity index (χ0v) is 16.6. The van der Waals surface area contributed by atoms with Crippen molar-refractivity contribution in [1.82, 2.24) is 9.97 Å². The van der Waals surface area contributed by atoms with E-state index in [1.165, 1.54) is 12.1 Å². The number of nitrogens with two attached hydrogens (primary N) is 1. The van der Waals surface area contributed by atoms with Crippen molar-refractivity contribution in [3.05, 3.63) is 68.8 Å². The maximum absolute atomic E-state index is 13.8. The molecule has 0 radical (unpaired) electrons. The first-order valence-corrected chi connectivity index (χ1v) is 9.08. The van der Waals surface area contributed by atoms with E-state index >= 15 is 0 Å². The molecule has 1 unspecified atom stereocenters. The van der Waals surface area contributed by atoms with Crippen LogP contribution in [0, 0.1) is 5.82 Å². The normalized spacial score (nSPS) is 12.0. The van der Waals surface area contributed by atoms with Crippen LogP contribution in [0.25, 0.3) is 11.1 Å². The van der Waals surface area contributed by atoms with Gasteiger partial charge in [-0.2, -0.15) is 0 Å². The van der Waals surface area contributed by atoms with E-state index in [-0.39, 0.29) is 10.8 Å². The average Bonchev–Trinajstić information content (AvgIpc) is 2.60. The Morgan fingerprint density at radius 1 is 1.15 bits per heavy atom. The summed E-state index contributed by atoms with van der Waals surface area (Å²) in [4.78, 5) is 8.29. The van der Waals surface area contributed by atoms with Gasteiger partial charge < -0.3 is 10.5 Å². The second kappa shape index (κ2) is 7.78. The fourth-order valence-corrected chi connectivity index (χ4v) is 3.48. The fourth-order valence-electron chi connectivity index (χ4n) is 2.44. The Morgan fingerprint density at radius 2 is 1.88 bits per heavy atom. The molecule has 134 valence electrons. The summed E-state index contributed by atoms with van der Waals surface area (Å²) in [5.41, 5.74) is 7.89. The minimum absolute atomic E-state index is 0.0797. The summed E-state index contributed by atoms with van der Waals surface area (Å²) in [5, 5.41) is 0.228. The smallest absolute Gasteiger partial charge is 0.166 e. The van der Waals surface area contributed by atoms with Crippen molar-refractivity contribution < 1.29 is 9.13 Å². The minimum Gasteiger partial charge on any atom is -0.482 e. The first-order chi connectivity index (χ1) is 12.4. The molecule has 3 rings (SSSR count). The molecule has 3 aromatic rings. The van der Waals surface area contributed by atoms with Crippen molar-refractivity contribution in [1.29, 1.82) is 0 Å². The van der Waals surface area contributed by atoms with Gasteiger partial charge in [-0.15, -0.1) is 0 Å². The molecule has 8 heteroatoms. The highest BCUT2D eigenvalue weighted by molar-refractivity contribution is 9.10. The van der Waals surface area contributed by atoms with Crippen molar-refractivity contribution in [3.63, 3.8) is 0 Å². The third kappa shape index (κ3) is 3.92. The van der Waals surface area contributed by atoms with Gasteiger partial charge in [0.15, 0.2) is 11.6 Å². The third-order valence-electron chi connectivity index (χ3n) is 3.71. The first kappa shape index (κ1) is 18.9. The molecule has 0 spiro atoms. The second-order valence-corrected chi connectivity index (χ2v) is 7.22. The number of benzene rings is 1. The van der Waals surface area contributed by atoms with Crippen LogP contribution >= 0.6 is 39.1 Å². The summed E-state index contributed by atoms with van der Waals surface area (Å²) in [6, 6.07) is 6.28. The van der Waals surface area contributed by atoms with E-state index in [1.807, 2.05) is 6.07 Å². The predicted molar refractivity (Wildman–Crippen MR) is 105 cm³/mol. The molecule has 0 aliphatic heterocycles. The molecule has 1 atom stereocenters. The molecule has 2 N–H and O–H groups in total. The van der Waals surface area contributed by atoms with Gasteiger partial charge in [-0.05, 0) is 47.1 Å². The van der Waals surface area contributed by atoms with Gasteiger partial charge in [0.25, 0.3) is 0 Å². The minimum atomic E-state index is -0.634. The Hall–Kier alpha value is -1.89. The number of aromatic nitrogens is 2. The van der Waals surface area contributed by atoms with E-state index in [0.717, 1.165) is 15.6 Å². The van der Waals surface area contributed by atoms with Crippen molar-refractivity contribution in [3.8, 4) is 16.9 Å². The molecule has 0 fully saturated rings. The summed E-state index contributed by atoms with van der Waals surface area (Å²) >= 11 is 15.6. The molecule has 0 aliphatic rings. The van der Waals surface area contributed by atoms with Crippen LogP contribution in [0.3, 0.4) is 0 Å². The van der Waals surface area contributed by atoms with E-state index in [0.29, 0.717) is 16.3 Å². The van der Waals surface area contributed by atoms with Gasteiger partial charge in [-0.3, -0.25) is 4.98 Å². The fraction of sp³-hybridized carbons (Fsp3) is 0.111. The zero-order valence-electron chi connectivity index (χ0n) is 13.5. The highest BCUT2D eigenvalue weighted by Crippen LogP contribution is 2.37. The molecular weight excluding hydrogens is 444 g/mol. The lowest BCUT2D eigenvalue weighted by molar-refractivity contribution is 0.227. The Morgan fingerprint density at radius 3 is 2.62 bits per heavy atom. The second-order valence-electron chi connectivity index (χ2n) is 5.52.